The Morgan fingerprint density at radius 3 is 2.65 bits per heavy atom. The van der Waals surface area contributed by atoms with Crippen LogP contribution in [0.4, 0.5) is 0 Å². The van der Waals surface area contributed by atoms with E-state index >= 15 is 0 Å². The van der Waals surface area contributed by atoms with Crippen molar-refractivity contribution >= 4 is 11.8 Å². The minimum absolute atomic E-state index is 0.00524. The molecule has 2 aromatic rings. The largest absolute Gasteiger partial charge is 0.497 e. The third-order valence-corrected chi connectivity index (χ3v) is 5.60. The summed E-state index contributed by atoms with van der Waals surface area (Å²) >= 11 is 0. The Balaban J connectivity index is 1.66. The highest BCUT2D eigenvalue weighted by Gasteiger charge is 2.28. The predicted octanol–water partition coefficient (Wildman–Crippen LogP) is 3.18. The molecule has 2 amide bonds. The van der Waals surface area contributed by atoms with Gasteiger partial charge in [0, 0.05) is 50.5 Å². The summed E-state index contributed by atoms with van der Waals surface area (Å²) in [6, 6.07) is 11.0. The number of rotatable bonds is 8. The van der Waals surface area contributed by atoms with Crippen LogP contribution in [0.2, 0.25) is 0 Å². The number of nitrogens with zero attached hydrogens (tertiary/aromatic N) is 2. The van der Waals surface area contributed by atoms with Gasteiger partial charge in [0.1, 0.15) is 5.75 Å². The normalized spacial score (nSPS) is 14.4. The first-order chi connectivity index (χ1) is 15.0. The Morgan fingerprint density at radius 1 is 1.16 bits per heavy atom. The van der Waals surface area contributed by atoms with Crippen molar-refractivity contribution in [1.29, 1.82) is 0 Å². The van der Waals surface area contributed by atoms with E-state index in [1.807, 2.05) is 42.2 Å². The molecular formula is C24H31N3O4. The summed E-state index contributed by atoms with van der Waals surface area (Å²) in [7, 11) is 3.24. The maximum Gasteiger partial charge on any atom is 0.253 e. The number of ether oxygens (including phenoxy) is 2. The van der Waals surface area contributed by atoms with E-state index < -0.39 is 0 Å². The highest BCUT2D eigenvalue weighted by molar-refractivity contribution is 5.96. The number of carbonyl (C=O) groups excluding carboxylic acids is 2. The van der Waals surface area contributed by atoms with Crippen LogP contribution in [0, 0.1) is 6.92 Å². The van der Waals surface area contributed by atoms with E-state index in [0.717, 1.165) is 30.7 Å². The van der Waals surface area contributed by atoms with Crippen LogP contribution in [0.25, 0.3) is 0 Å². The topological polar surface area (TPSA) is 80.8 Å². The number of benzene rings is 1. The zero-order valence-corrected chi connectivity index (χ0v) is 18.5. The van der Waals surface area contributed by atoms with Crippen molar-refractivity contribution in [3.8, 4) is 5.75 Å². The molecule has 0 atom stereocenters. The van der Waals surface area contributed by atoms with Crippen molar-refractivity contribution in [1.82, 2.24) is 15.2 Å². The van der Waals surface area contributed by atoms with Gasteiger partial charge in [-0.15, -0.1) is 0 Å². The van der Waals surface area contributed by atoms with Crippen molar-refractivity contribution in [2.75, 3.05) is 40.5 Å². The molecule has 3 rings (SSSR count). The van der Waals surface area contributed by atoms with Gasteiger partial charge < -0.3 is 19.7 Å². The van der Waals surface area contributed by atoms with E-state index in [1.165, 1.54) is 0 Å². The van der Waals surface area contributed by atoms with E-state index in [4.69, 9.17) is 14.5 Å². The van der Waals surface area contributed by atoms with Crippen LogP contribution in [0.5, 0.6) is 5.75 Å². The molecule has 7 nitrogen and oxygen atoms in total. The number of aryl methyl sites for hydroxylation is 1. The second-order valence-corrected chi connectivity index (χ2v) is 7.79. The van der Waals surface area contributed by atoms with Crippen molar-refractivity contribution in [2.45, 2.75) is 32.1 Å². The van der Waals surface area contributed by atoms with Crippen LogP contribution >= 0.6 is 0 Å². The molecule has 1 aliphatic rings. The van der Waals surface area contributed by atoms with E-state index in [9.17, 15) is 9.59 Å². The van der Waals surface area contributed by atoms with Gasteiger partial charge in [-0.3, -0.25) is 14.6 Å². The zero-order valence-electron chi connectivity index (χ0n) is 18.5. The van der Waals surface area contributed by atoms with Gasteiger partial charge in [0.15, 0.2) is 0 Å². The Morgan fingerprint density at radius 2 is 1.94 bits per heavy atom. The molecule has 1 saturated heterocycles. The molecule has 166 valence electrons. The fourth-order valence-electron chi connectivity index (χ4n) is 3.89. The predicted molar refractivity (Wildman–Crippen MR) is 119 cm³/mol. The number of piperidine rings is 1. The summed E-state index contributed by atoms with van der Waals surface area (Å²) in [6.07, 6.45) is 2.31. The average molecular weight is 426 g/mol. The van der Waals surface area contributed by atoms with Gasteiger partial charge in [-0.25, -0.2) is 0 Å². The molecule has 0 aliphatic carbocycles. The van der Waals surface area contributed by atoms with Gasteiger partial charge in [-0.05, 0) is 56.5 Å². The third-order valence-electron chi connectivity index (χ3n) is 5.60. The van der Waals surface area contributed by atoms with E-state index in [2.05, 4.69) is 5.32 Å². The quantitative estimate of drug-likeness (QED) is 0.657. The lowest BCUT2D eigenvalue weighted by molar-refractivity contribution is 0.0710. The van der Waals surface area contributed by atoms with E-state index in [1.54, 1.807) is 20.3 Å². The minimum atomic E-state index is -0.103. The molecular weight excluding hydrogens is 394 g/mol. The molecule has 0 bridgehead atoms. The molecule has 0 spiro atoms. The van der Waals surface area contributed by atoms with Crippen LogP contribution in [0.3, 0.4) is 0 Å². The van der Waals surface area contributed by atoms with E-state index in [0.29, 0.717) is 43.1 Å². The maximum absolute atomic E-state index is 12.9. The van der Waals surface area contributed by atoms with Gasteiger partial charge in [-0.1, -0.05) is 6.07 Å². The number of hydrogen-bond donors (Lipinski definition) is 1. The molecule has 1 aliphatic heterocycles. The number of hydrogen-bond acceptors (Lipinski definition) is 5. The highest BCUT2D eigenvalue weighted by atomic mass is 16.5. The second kappa shape index (κ2) is 10.9. The van der Waals surface area contributed by atoms with Crippen LogP contribution < -0.4 is 10.1 Å². The third kappa shape index (κ3) is 5.82. The molecule has 2 heterocycles. The molecule has 31 heavy (non-hydrogen) atoms. The number of pyridine rings is 1. The van der Waals surface area contributed by atoms with Gasteiger partial charge >= 0.3 is 0 Å². The summed E-state index contributed by atoms with van der Waals surface area (Å²) in [4.78, 5) is 32.2. The zero-order chi connectivity index (χ0) is 22.2. The van der Waals surface area contributed by atoms with Crippen molar-refractivity contribution in [2.24, 2.45) is 0 Å². The van der Waals surface area contributed by atoms with Gasteiger partial charge in [0.2, 0.25) is 0 Å². The van der Waals surface area contributed by atoms with Gasteiger partial charge in [0.05, 0.1) is 18.4 Å². The molecule has 1 fully saturated rings. The molecule has 0 unspecified atom stereocenters. The molecule has 1 aromatic carbocycles. The number of nitrogens with one attached hydrogen (secondary N) is 1. The lowest BCUT2D eigenvalue weighted by atomic mass is 9.89. The van der Waals surface area contributed by atoms with Gasteiger partial charge in [-0.2, -0.15) is 0 Å². The van der Waals surface area contributed by atoms with Crippen molar-refractivity contribution < 1.29 is 19.1 Å². The summed E-state index contributed by atoms with van der Waals surface area (Å²) in [5.41, 5.74) is 2.97. The Hall–Kier alpha value is -2.93. The van der Waals surface area contributed by atoms with Crippen LogP contribution in [-0.4, -0.2) is 62.2 Å². The summed E-state index contributed by atoms with van der Waals surface area (Å²) in [6.45, 7) is 4.37. The Bertz CT molecular complexity index is 907. The standard InChI is InChI=1S/C24H31N3O4/c1-17-8-9-21(23(28)25-12-5-15-30-2)22(26-17)18-10-13-27(14-11-18)24(29)19-6-4-7-20(16-19)31-3/h4,6-9,16,18H,5,10-15H2,1-3H3,(H,25,28). The van der Waals surface area contributed by atoms with Crippen LogP contribution in [0.15, 0.2) is 36.4 Å². The maximum atomic E-state index is 12.9. The first-order valence-electron chi connectivity index (χ1n) is 10.7. The van der Waals surface area contributed by atoms with Crippen LogP contribution in [-0.2, 0) is 4.74 Å². The smallest absolute Gasteiger partial charge is 0.253 e. The SMILES string of the molecule is COCCCNC(=O)c1ccc(C)nc1C1CCN(C(=O)c2cccc(OC)c2)CC1. The lowest BCUT2D eigenvalue weighted by Gasteiger charge is -2.32. The summed E-state index contributed by atoms with van der Waals surface area (Å²) < 4.78 is 10.3. The molecule has 0 saturated carbocycles. The monoisotopic (exact) mass is 425 g/mol. The average Bonchev–Trinajstić information content (AvgIpc) is 2.81. The van der Waals surface area contributed by atoms with Crippen molar-refractivity contribution in [3.05, 3.63) is 58.9 Å². The van der Waals surface area contributed by atoms with Gasteiger partial charge in [0.25, 0.3) is 11.8 Å². The molecule has 1 aromatic heterocycles. The number of aromatic nitrogens is 1. The van der Waals surface area contributed by atoms with E-state index in [-0.39, 0.29) is 17.7 Å². The molecule has 7 heteroatoms. The number of carbonyl (C=O) groups is 2. The highest BCUT2D eigenvalue weighted by Crippen LogP contribution is 2.30. The molecule has 0 radical (unpaired) electrons. The Kier molecular flexibility index (Phi) is 8.00. The Labute approximate surface area is 183 Å². The first-order valence-corrected chi connectivity index (χ1v) is 10.7. The van der Waals surface area contributed by atoms with Crippen molar-refractivity contribution in [3.63, 3.8) is 0 Å². The minimum Gasteiger partial charge on any atom is -0.497 e. The molecule has 1 N–H and O–H groups in total. The summed E-state index contributed by atoms with van der Waals surface area (Å²) in [5, 5.41) is 2.96. The number of likely N-dealkylation sites (tertiary alicyclic amines) is 1. The fraction of sp³-hybridized carbons (Fsp3) is 0.458. The number of methoxy groups -OCH3 is 2. The fourth-order valence-corrected chi connectivity index (χ4v) is 3.89. The number of amides is 2. The second-order valence-electron chi connectivity index (χ2n) is 7.79. The van der Waals surface area contributed by atoms with Crippen LogP contribution in [0.1, 0.15) is 57.3 Å². The first kappa shape index (κ1) is 22.7. The summed E-state index contributed by atoms with van der Waals surface area (Å²) in [5.74, 6) is 0.721. The lowest BCUT2D eigenvalue weighted by Crippen LogP contribution is -2.38.